The molecule has 0 bridgehead atoms. The Morgan fingerprint density at radius 1 is 1.18 bits per heavy atom. The van der Waals surface area contributed by atoms with Crippen molar-refractivity contribution in [3.63, 3.8) is 0 Å². The number of halogens is 4. The third-order valence-electron chi connectivity index (χ3n) is 5.63. The van der Waals surface area contributed by atoms with Crippen molar-refractivity contribution in [2.75, 3.05) is 19.5 Å². The van der Waals surface area contributed by atoms with Gasteiger partial charge in [-0.15, -0.1) is 0 Å². The van der Waals surface area contributed by atoms with Gasteiger partial charge in [0.2, 0.25) is 0 Å². The molecule has 7 nitrogen and oxygen atoms in total. The molecule has 0 aliphatic carbocycles. The van der Waals surface area contributed by atoms with Crippen LogP contribution >= 0.6 is 11.6 Å². The summed E-state index contributed by atoms with van der Waals surface area (Å²) in [4.78, 5) is 12.6. The number of aromatic nitrogens is 2. The summed E-state index contributed by atoms with van der Waals surface area (Å²) >= 11 is 6.10. The second kappa shape index (κ2) is 9.46. The number of anilines is 1. The lowest BCUT2D eigenvalue weighted by Crippen LogP contribution is -2.35. The molecule has 0 saturated heterocycles. The Morgan fingerprint density at radius 2 is 1.91 bits per heavy atom. The SMILES string of the molecule is COc1ccc([C@@H]2C[C@H](C(F)(F)F)n3nc(C(=O)NCc4ccccc4Cl)cc3N2)cc1OC. The lowest BCUT2D eigenvalue weighted by molar-refractivity contribution is -0.173. The number of hydrogen-bond acceptors (Lipinski definition) is 5. The molecule has 2 atom stereocenters. The molecule has 1 aromatic heterocycles. The van der Waals surface area contributed by atoms with Gasteiger partial charge < -0.3 is 20.1 Å². The van der Waals surface area contributed by atoms with Crippen molar-refractivity contribution in [1.82, 2.24) is 15.1 Å². The van der Waals surface area contributed by atoms with Gasteiger partial charge in [-0.2, -0.15) is 18.3 Å². The minimum Gasteiger partial charge on any atom is -0.493 e. The third-order valence-corrected chi connectivity index (χ3v) is 6.00. The molecule has 0 radical (unpaired) electrons. The Bertz CT molecular complexity index is 1200. The molecule has 34 heavy (non-hydrogen) atoms. The lowest BCUT2D eigenvalue weighted by atomic mass is 9.96. The fourth-order valence-corrected chi connectivity index (χ4v) is 4.08. The molecule has 0 spiro atoms. The summed E-state index contributed by atoms with van der Waals surface area (Å²) in [5, 5.41) is 10.2. The van der Waals surface area contributed by atoms with E-state index < -0.39 is 24.2 Å². The van der Waals surface area contributed by atoms with E-state index in [1.54, 1.807) is 42.5 Å². The molecule has 3 aromatic rings. The standard InChI is InChI=1S/C23H22ClF3N4O3/c1-33-18-8-7-13(9-19(18)34-2)16-10-20(23(25,26)27)31-21(29-16)11-17(30-31)22(32)28-12-14-5-3-4-6-15(14)24/h3-9,11,16,20,29H,10,12H2,1-2H3,(H,28,32)/t16-,20+/m0/s1. The number of fused-ring (bicyclic) bond motifs is 1. The van der Waals surface area contributed by atoms with Crippen LogP contribution in [0.4, 0.5) is 19.0 Å². The number of nitrogens with zero attached hydrogens (tertiary/aromatic N) is 2. The van der Waals surface area contributed by atoms with Crippen LogP contribution in [0.2, 0.25) is 5.02 Å². The summed E-state index contributed by atoms with van der Waals surface area (Å²) in [5.74, 6) is 0.365. The highest BCUT2D eigenvalue weighted by atomic mass is 35.5. The summed E-state index contributed by atoms with van der Waals surface area (Å²) in [6.45, 7) is 0.116. The number of methoxy groups -OCH3 is 2. The summed E-state index contributed by atoms with van der Waals surface area (Å²) in [7, 11) is 2.93. The topological polar surface area (TPSA) is 77.4 Å². The van der Waals surface area contributed by atoms with Gasteiger partial charge in [0.05, 0.1) is 20.3 Å². The van der Waals surface area contributed by atoms with E-state index in [0.717, 1.165) is 4.68 Å². The van der Waals surface area contributed by atoms with Crippen molar-refractivity contribution in [2.45, 2.75) is 31.2 Å². The molecule has 2 aromatic carbocycles. The second-order valence-electron chi connectivity index (χ2n) is 7.74. The molecule has 4 rings (SSSR count). The van der Waals surface area contributed by atoms with Crippen molar-refractivity contribution >= 4 is 23.3 Å². The van der Waals surface area contributed by atoms with Gasteiger partial charge in [0.15, 0.2) is 23.2 Å². The molecule has 0 saturated carbocycles. The predicted octanol–water partition coefficient (Wildman–Crippen LogP) is 5.14. The molecule has 1 aliphatic heterocycles. The quantitative estimate of drug-likeness (QED) is 0.496. The van der Waals surface area contributed by atoms with Crippen LogP contribution in [0.3, 0.4) is 0 Å². The molecule has 0 unspecified atom stereocenters. The van der Waals surface area contributed by atoms with E-state index in [2.05, 4.69) is 15.7 Å². The van der Waals surface area contributed by atoms with Gasteiger partial charge >= 0.3 is 6.18 Å². The number of alkyl halides is 3. The number of carbonyl (C=O) groups is 1. The van der Waals surface area contributed by atoms with E-state index in [9.17, 15) is 18.0 Å². The zero-order valence-corrected chi connectivity index (χ0v) is 19.1. The summed E-state index contributed by atoms with van der Waals surface area (Å²) in [6, 6.07) is 10.6. The van der Waals surface area contributed by atoms with Crippen LogP contribution in [0.5, 0.6) is 11.5 Å². The third kappa shape index (κ3) is 4.77. The van der Waals surface area contributed by atoms with E-state index in [1.165, 1.54) is 20.3 Å². The maximum absolute atomic E-state index is 13.9. The highest BCUT2D eigenvalue weighted by molar-refractivity contribution is 6.31. The van der Waals surface area contributed by atoms with Crippen molar-refractivity contribution < 1.29 is 27.4 Å². The van der Waals surface area contributed by atoms with Crippen LogP contribution in [0, 0.1) is 0 Å². The lowest BCUT2D eigenvalue weighted by Gasteiger charge is -2.33. The fraction of sp³-hybridized carbons (Fsp3) is 0.304. The van der Waals surface area contributed by atoms with Crippen LogP contribution in [0.15, 0.2) is 48.5 Å². The molecule has 2 N–H and O–H groups in total. The van der Waals surface area contributed by atoms with E-state index in [0.29, 0.717) is 27.6 Å². The Balaban J connectivity index is 1.60. The second-order valence-corrected chi connectivity index (χ2v) is 8.15. The van der Waals surface area contributed by atoms with Crippen LogP contribution < -0.4 is 20.1 Å². The highest BCUT2D eigenvalue weighted by Gasteiger charge is 2.47. The average Bonchev–Trinajstić information content (AvgIpc) is 3.26. The number of benzene rings is 2. The summed E-state index contributed by atoms with van der Waals surface area (Å²) < 4.78 is 53.2. The highest BCUT2D eigenvalue weighted by Crippen LogP contribution is 2.44. The van der Waals surface area contributed by atoms with Gasteiger partial charge in [0.1, 0.15) is 5.82 Å². The van der Waals surface area contributed by atoms with Crippen LogP contribution in [0.1, 0.15) is 40.1 Å². The number of hydrogen-bond donors (Lipinski definition) is 2. The Labute approximate surface area is 198 Å². The smallest absolute Gasteiger partial charge is 0.410 e. The first kappa shape index (κ1) is 23.7. The van der Waals surface area contributed by atoms with E-state index in [1.807, 2.05) is 0 Å². The van der Waals surface area contributed by atoms with Gasteiger partial charge in [-0.3, -0.25) is 4.79 Å². The average molecular weight is 495 g/mol. The first-order valence-corrected chi connectivity index (χ1v) is 10.8. The maximum atomic E-state index is 13.9. The number of nitrogens with one attached hydrogen (secondary N) is 2. The predicted molar refractivity (Wildman–Crippen MR) is 120 cm³/mol. The van der Waals surface area contributed by atoms with E-state index in [-0.39, 0.29) is 24.5 Å². The first-order valence-electron chi connectivity index (χ1n) is 10.4. The van der Waals surface area contributed by atoms with Gasteiger partial charge in [0, 0.05) is 24.1 Å². The molecule has 11 heteroatoms. The largest absolute Gasteiger partial charge is 0.493 e. The van der Waals surface area contributed by atoms with Gasteiger partial charge in [-0.25, -0.2) is 4.68 Å². The van der Waals surface area contributed by atoms with E-state index >= 15 is 0 Å². The van der Waals surface area contributed by atoms with E-state index in [4.69, 9.17) is 21.1 Å². The fourth-order valence-electron chi connectivity index (χ4n) is 3.88. The first-order chi connectivity index (χ1) is 16.2. The molecular weight excluding hydrogens is 473 g/mol. The minimum atomic E-state index is -4.57. The normalized spacial score (nSPS) is 17.5. The van der Waals surface area contributed by atoms with Gasteiger partial charge in [0.25, 0.3) is 5.91 Å². The number of carbonyl (C=O) groups excluding carboxylic acids is 1. The van der Waals surface area contributed by atoms with Gasteiger partial charge in [-0.1, -0.05) is 35.9 Å². The molecule has 2 heterocycles. The van der Waals surface area contributed by atoms with Crippen LogP contribution in [0.25, 0.3) is 0 Å². The number of rotatable bonds is 6. The summed E-state index contributed by atoms with van der Waals surface area (Å²) in [6.07, 6.45) is -4.88. The Kier molecular flexibility index (Phi) is 6.60. The van der Waals surface area contributed by atoms with Crippen LogP contribution in [-0.4, -0.2) is 36.1 Å². The zero-order valence-electron chi connectivity index (χ0n) is 18.3. The summed E-state index contributed by atoms with van der Waals surface area (Å²) in [5.41, 5.74) is 1.14. The molecule has 1 aliphatic rings. The zero-order chi connectivity index (χ0) is 24.5. The molecule has 180 valence electrons. The van der Waals surface area contributed by atoms with Crippen molar-refractivity contribution in [1.29, 1.82) is 0 Å². The maximum Gasteiger partial charge on any atom is 0.410 e. The van der Waals surface area contributed by atoms with Crippen molar-refractivity contribution in [3.05, 3.63) is 70.4 Å². The Morgan fingerprint density at radius 3 is 2.59 bits per heavy atom. The number of amides is 1. The van der Waals surface area contributed by atoms with Crippen LogP contribution in [-0.2, 0) is 6.54 Å². The minimum absolute atomic E-state index is 0.0938. The monoisotopic (exact) mass is 494 g/mol. The molecule has 0 fully saturated rings. The van der Waals surface area contributed by atoms with Crippen molar-refractivity contribution in [3.8, 4) is 11.5 Å². The Hall–Kier alpha value is -3.40. The van der Waals surface area contributed by atoms with Gasteiger partial charge in [-0.05, 0) is 29.3 Å². The molecule has 1 amide bonds. The molecular formula is C23H22ClF3N4O3. The van der Waals surface area contributed by atoms with Crippen molar-refractivity contribution in [2.24, 2.45) is 0 Å². The number of ether oxygens (including phenoxy) is 2.